The summed E-state index contributed by atoms with van der Waals surface area (Å²) in [6.07, 6.45) is 3.44. The number of aryl methyl sites for hydroxylation is 1. The van der Waals surface area contributed by atoms with E-state index in [9.17, 15) is 4.79 Å². The van der Waals surface area contributed by atoms with Crippen molar-refractivity contribution < 1.29 is 4.79 Å². The molecule has 5 heteroatoms. The first-order valence-corrected chi connectivity index (χ1v) is 5.20. The second-order valence-corrected chi connectivity index (χ2v) is 3.38. The Kier molecular flexibility index (Phi) is 3.70. The molecular weight excluding hydrogens is 186 g/mol. The number of aromatic nitrogens is 2. The van der Waals surface area contributed by atoms with Gasteiger partial charge in [-0.1, -0.05) is 0 Å². The van der Waals surface area contributed by atoms with E-state index in [1.165, 1.54) is 11.8 Å². The van der Waals surface area contributed by atoms with Gasteiger partial charge < -0.3 is 5.32 Å². The standard InChI is InChI=1S/C8H11N3OS/c1-6-7(3-4-9-11-6)10-8(12)5-13-2/h3-4H,5H2,1-2H3,(H,9,10,12). The first-order chi connectivity index (χ1) is 6.24. The largest absolute Gasteiger partial charge is 0.324 e. The van der Waals surface area contributed by atoms with Gasteiger partial charge in [0.2, 0.25) is 5.91 Å². The predicted octanol–water partition coefficient (Wildman–Crippen LogP) is 1.09. The highest BCUT2D eigenvalue weighted by atomic mass is 32.2. The zero-order valence-electron chi connectivity index (χ0n) is 7.57. The normalized spacial score (nSPS) is 9.69. The second kappa shape index (κ2) is 4.81. The molecule has 1 rings (SSSR count). The molecule has 0 unspecified atom stereocenters. The van der Waals surface area contributed by atoms with Gasteiger partial charge in [-0.3, -0.25) is 4.79 Å². The van der Waals surface area contributed by atoms with Crippen LogP contribution in [0.2, 0.25) is 0 Å². The molecule has 1 N–H and O–H groups in total. The number of nitrogens with zero attached hydrogens (tertiary/aromatic N) is 2. The number of amides is 1. The van der Waals surface area contributed by atoms with Crippen molar-refractivity contribution in [3.63, 3.8) is 0 Å². The highest BCUT2D eigenvalue weighted by molar-refractivity contribution is 7.99. The summed E-state index contributed by atoms with van der Waals surface area (Å²) in [4.78, 5) is 11.2. The lowest BCUT2D eigenvalue weighted by molar-refractivity contribution is -0.113. The second-order valence-electron chi connectivity index (χ2n) is 2.51. The minimum absolute atomic E-state index is 0.0106. The molecule has 0 saturated heterocycles. The quantitative estimate of drug-likeness (QED) is 0.788. The minimum Gasteiger partial charge on any atom is -0.324 e. The van der Waals surface area contributed by atoms with E-state index in [-0.39, 0.29) is 5.91 Å². The van der Waals surface area contributed by atoms with Crippen molar-refractivity contribution >= 4 is 23.4 Å². The summed E-state index contributed by atoms with van der Waals surface area (Å²) in [6.45, 7) is 1.81. The number of rotatable bonds is 3. The molecule has 0 atom stereocenters. The lowest BCUT2D eigenvalue weighted by Gasteiger charge is -2.04. The van der Waals surface area contributed by atoms with Crippen molar-refractivity contribution in [2.75, 3.05) is 17.3 Å². The minimum atomic E-state index is -0.0106. The topological polar surface area (TPSA) is 54.9 Å². The van der Waals surface area contributed by atoms with E-state index in [0.717, 1.165) is 11.4 Å². The molecule has 0 saturated carbocycles. The molecule has 0 aromatic carbocycles. The van der Waals surface area contributed by atoms with Gasteiger partial charge in [-0.05, 0) is 19.2 Å². The highest BCUT2D eigenvalue weighted by Crippen LogP contribution is 2.09. The lowest BCUT2D eigenvalue weighted by Crippen LogP contribution is -2.15. The fourth-order valence-electron chi connectivity index (χ4n) is 0.852. The smallest absolute Gasteiger partial charge is 0.234 e. The van der Waals surface area contributed by atoms with Crippen molar-refractivity contribution in [3.8, 4) is 0 Å². The number of nitrogens with one attached hydrogen (secondary N) is 1. The van der Waals surface area contributed by atoms with E-state index in [2.05, 4.69) is 15.5 Å². The maximum atomic E-state index is 11.2. The predicted molar refractivity (Wildman–Crippen MR) is 53.8 cm³/mol. The number of hydrogen-bond acceptors (Lipinski definition) is 4. The molecule has 70 valence electrons. The van der Waals surface area contributed by atoms with Gasteiger partial charge in [0.05, 0.1) is 23.3 Å². The summed E-state index contributed by atoms with van der Waals surface area (Å²) < 4.78 is 0. The Bertz CT molecular complexity index is 303. The van der Waals surface area contributed by atoms with E-state index >= 15 is 0 Å². The van der Waals surface area contributed by atoms with Crippen molar-refractivity contribution in [1.29, 1.82) is 0 Å². The van der Waals surface area contributed by atoms with Crippen LogP contribution in [0.15, 0.2) is 12.3 Å². The van der Waals surface area contributed by atoms with Gasteiger partial charge in [-0.25, -0.2) is 0 Å². The summed E-state index contributed by atoms with van der Waals surface area (Å²) in [5.74, 6) is 0.450. The van der Waals surface area contributed by atoms with Crippen LogP contribution in [0.5, 0.6) is 0 Å². The summed E-state index contributed by atoms with van der Waals surface area (Å²) >= 11 is 1.49. The molecule has 1 amide bonds. The molecule has 0 aliphatic heterocycles. The van der Waals surface area contributed by atoms with Gasteiger partial charge in [0.25, 0.3) is 0 Å². The molecule has 0 aliphatic carbocycles. The third-order valence-corrected chi connectivity index (χ3v) is 2.01. The number of carbonyl (C=O) groups excluding carboxylic acids is 1. The summed E-state index contributed by atoms with van der Waals surface area (Å²) in [6, 6.07) is 1.74. The van der Waals surface area contributed by atoms with E-state index in [4.69, 9.17) is 0 Å². The van der Waals surface area contributed by atoms with Gasteiger partial charge >= 0.3 is 0 Å². The molecule has 0 fully saturated rings. The summed E-state index contributed by atoms with van der Waals surface area (Å²) in [5, 5.41) is 10.3. The third kappa shape index (κ3) is 3.02. The van der Waals surface area contributed by atoms with Crippen LogP contribution in [0.3, 0.4) is 0 Å². The van der Waals surface area contributed by atoms with Crippen LogP contribution in [0.1, 0.15) is 5.69 Å². The fraction of sp³-hybridized carbons (Fsp3) is 0.375. The Hall–Kier alpha value is -1.10. The SMILES string of the molecule is CSCC(=O)Nc1ccnnc1C. The Morgan fingerprint density at radius 1 is 1.69 bits per heavy atom. The summed E-state index contributed by atoms with van der Waals surface area (Å²) in [7, 11) is 0. The van der Waals surface area contributed by atoms with Gasteiger partial charge in [0.1, 0.15) is 0 Å². The molecular formula is C8H11N3OS. The fourth-order valence-corrected chi connectivity index (χ4v) is 1.19. The number of carbonyl (C=O) groups is 1. The first-order valence-electron chi connectivity index (χ1n) is 3.81. The van der Waals surface area contributed by atoms with Crippen LogP contribution in [-0.2, 0) is 4.79 Å². The molecule has 0 spiro atoms. The molecule has 0 radical (unpaired) electrons. The van der Waals surface area contributed by atoms with Gasteiger partial charge in [-0.15, -0.1) is 0 Å². The third-order valence-electron chi connectivity index (χ3n) is 1.45. The van der Waals surface area contributed by atoms with Crippen molar-refractivity contribution in [1.82, 2.24) is 10.2 Å². The van der Waals surface area contributed by atoms with Crippen LogP contribution in [0.25, 0.3) is 0 Å². The number of thioether (sulfide) groups is 1. The van der Waals surface area contributed by atoms with Crippen LogP contribution < -0.4 is 5.32 Å². The van der Waals surface area contributed by atoms with E-state index in [1.807, 2.05) is 13.2 Å². The van der Waals surface area contributed by atoms with Crippen LogP contribution in [-0.4, -0.2) is 28.1 Å². The molecule has 1 aromatic heterocycles. The lowest BCUT2D eigenvalue weighted by atomic mass is 10.3. The molecule has 1 heterocycles. The Balaban J connectivity index is 2.63. The number of hydrogen-bond donors (Lipinski definition) is 1. The van der Waals surface area contributed by atoms with E-state index in [0.29, 0.717) is 5.75 Å². The molecule has 0 bridgehead atoms. The van der Waals surface area contributed by atoms with E-state index < -0.39 is 0 Å². The maximum Gasteiger partial charge on any atom is 0.234 e. The Morgan fingerprint density at radius 2 is 2.46 bits per heavy atom. The van der Waals surface area contributed by atoms with Crippen LogP contribution >= 0.6 is 11.8 Å². The Morgan fingerprint density at radius 3 is 3.08 bits per heavy atom. The highest BCUT2D eigenvalue weighted by Gasteiger charge is 2.03. The van der Waals surface area contributed by atoms with Crippen molar-refractivity contribution in [2.24, 2.45) is 0 Å². The van der Waals surface area contributed by atoms with Gasteiger partial charge in [-0.2, -0.15) is 22.0 Å². The van der Waals surface area contributed by atoms with Crippen LogP contribution in [0.4, 0.5) is 5.69 Å². The molecule has 1 aromatic rings. The average Bonchev–Trinajstić information content (AvgIpc) is 2.09. The van der Waals surface area contributed by atoms with Gasteiger partial charge in [0.15, 0.2) is 0 Å². The Labute approximate surface area is 81.1 Å². The van der Waals surface area contributed by atoms with Crippen molar-refractivity contribution in [2.45, 2.75) is 6.92 Å². The van der Waals surface area contributed by atoms with E-state index in [1.54, 1.807) is 12.3 Å². The maximum absolute atomic E-state index is 11.2. The zero-order chi connectivity index (χ0) is 9.68. The molecule has 0 aliphatic rings. The average molecular weight is 197 g/mol. The number of anilines is 1. The summed E-state index contributed by atoms with van der Waals surface area (Å²) in [5.41, 5.74) is 1.46. The monoisotopic (exact) mass is 197 g/mol. The van der Waals surface area contributed by atoms with Crippen molar-refractivity contribution in [3.05, 3.63) is 18.0 Å². The van der Waals surface area contributed by atoms with Gasteiger partial charge in [0, 0.05) is 0 Å². The molecule has 4 nitrogen and oxygen atoms in total. The van der Waals surface area contributed by atoms with Crippen LogP contribution in [0, 0.1) is 6.92 Å². The first kappa shape index (κ1) is 9.98. The molecule has 13 heavy (non-hydrogen) atoms. The zero-order valence-corrected chi connectivity index (χ0v) is 8.39.